The normalized spacial score (nSPS) is 10.6. The molecule has 1 radical (unpaired) electrons. The van der Waals surface area contributed by atoms with Gasteiger partial charge in [-0.1, -0.05) is 24.3 Å². The lowest BCUT2D eigenvalue weighted by molar-refractivity contribution is 0.307. The molecule has 0 aliphatic heterocycles. The van der Waals surface area contributed by atoms with Gasteiger partial charge in [-0.15, -0.1) is 0 Å². The van der Waals surface area contributed by atoms with Crippen molar-refractivity contribution in [1.82, 2.24) is 0 Å². The van der Waals surface area contributed by atoms with Gasteiger partial charge in [0.2, 0.25) is 0 Å². The maximum Gasteiger partial charge on any atom is 0.119 e. The van der Waals surface area contributed by atoms with E-state index < -0.39 is 0 Å². The van der Waals surface area contributed by atoms with Crippen molar-refractivity contribution in [2.45, 2.75) is 26.2 Å². The monoisotopic (exact) mass is 189 g/mol. The Morgan fingerprint density at radius 3 is 3.07 bits per heavy atom. The first kappa shape index (κ1) is 10.8. The molecule has 1 aromatic rings. The second-order valence-corrected chi connectivity index (χ2v) is 3.15. The molecule has 0 saturated heterocycles. The van der Waals surface area contributed by atoms with E-state index in [4.69, 9.17) is 4.74 Å². The van der Waals surface area contributed by atoms with E-state index in [1.165, 1.54) is 6.42 Å². The summed E-state index contributed by atoms with van der Waals surface area (Å²) < 4.78 is 5.53. The maximum absolute atomic E-state index is 5.53. The number of ether oxygens (including phenoxy) is 1. The summed E-state index contributed by atoms with van der Waals surface area (Å²) in [5.41, 5.74) is 0. The molecule has 1 rings (SSSR count). The molecule has 0 amide bonds. The Labute approximate surface area is 86.4 Å². The van der Waals surface area contributed by atoms with Gasteiger partial charge in [0.25, 0.3) is 0 Å². The highest BCUT2D eigenvalue weighted by atomic mass is 16.5. The van der Waals surface area contributed by atoms with Gasteiger partial charge >= 0.3 is 0 Å². The molecule has 0 aliphatic carbocycles. The van der Waals surface area contributed by atoms with E-state index in [0.717, 1.165) is 25.2 Å². The zero-order valence-electron chi connectivity index (χ0n) is 8.70. The topological polar surface area (TPSA) is 9.23 Å². The van der Waals surface area contributed by atoms with E-state index in [1.54, 1.807) is 0 Å². The van der Waals surface area contributed by atoms with Gasteiger partial charge in [0.05, 0.1) is 6.61 Å². The Hall–Kier alpha value is -1.24. The van der Waals surface area contributed by atoms with Crippen LogP contribution in [0.15, 0.2) is 36.4 Å². The molecule has 0 spiro atoms. The van der Waals surface area contributed by atoms with Gasteiger partial charge in [0.1, 0.15) is 5.75 Å². The third-order valence-electron chi connectivity index (χ3n) is 1.95. The molecule has 0 saturated carbocycles. The summed E-state index contributed by atoms with van der Waals surface area (Å²) in [7, 11) is 0. The summed E-state index contributed by atoms with van der Waals surface area (Å²) in [6.45, 7) is 2.85. The van der Waals surface area contributed by atoms with Crippen molar-refractivity contribution in [1.29, 1.82) is 0 Å². The molecule has 75 valence electrons. The van der Waals surface area contributed by atoms with Gasteiger partial charge in [0, 0.05) is 0 Å². The SMILES string of the molecule is CC=CCCCCOc1c[c]ccc1. The van der Waals surface area contributed by atoms with Crippen molar-refractivity contribution < 1.29 is 4.74 Å². The Balaban J connectivity index is 2.05. The fraction of sp³-hybridized carbons (Fsp3) is 0.385. The second-order valence-electron chi connectivity index (χ2n) is 3.15. The Morgan fingerprint density at radius 1 is 1.43 bits per heavy atom. The first-order valence-corrected chi connectivity index (χ1v) is 5.13. The lowest BCUT2D eigenvalue weighted by Gasteiger charge is -2.04. The fourth-order valence-corrected chi connectivity index (χ4v) is 1.19. The summed E-state index contributed by atoms with van der Waals surface area (Å²) in [5, 5.41) is 0. The van der Waals surface area contributed by atoms with Crippen LogP contribution in [-0.2, 0) is 0 Å². The van der Waals surface area contributed by atoms with E-state index in [1.807, 2.05) is 24.3 Å². The number of rotatable bonds is 6. The van der Waals surface area contributed by atoms with Gasteiger partial charge < -0.3 is 4.74 Å². The van der Waals surface area contributed by atoms with Crippen molar-refractivity contribution in [3.05, 3.63) is 42.5 Å². The number of allylic oxidation sites excluding steroid dienone is 2. The summed E-state index contributed by atoms with van der Waals surface area (Å²) in [6, 6.07) is 10.6. The fourth-order valence-electron chi connectivity index (χ4n) is 1.19. The molecular weight excluding hydrogens is 172 g/mol. The molecule has 1 aromatic carbocycles. The van der Waals surface area contributed by atoms with Crippen LogP contribution >= 0.6 is 0 Å². The van der Waals surface area contributed by atoms with E-state index in [-0.39, 0.29) is 0 Å². The van der Waals surface area contributed by atoms with Crippen molar-refractivity contribution in [2.24, 2.45) is 0 Å². The molecule has 0 bridgehead atoms. The minimum atomic E-state index is 0.801. The number of benzene rings is 1. The first-order chi connectivity index (χ1) is 6.93. The molecule has 1 heteroatoms. The zero-order valence-corrected chi connectivity index (χ0v) is 8.70. The standard InChI is InChI=1S/C13H17O/c1-2-3-4-5-9-12-14-13-10-7-6-8-11-13/h2-3,6-7,10-11H,4-5,9,12H2,1H3. The average molecular weight is 189 g/mol. The molecule has 0 atom stereocenters. The van der Waals surface area contributed by atoms with Gasteiger partial charge in [-0.25, -0.2) is 0 Å². The van der Waals surface area contributed by atoms with Crippen LogP contribution in [0.3, 0.4) is 0 Å². The van der Waals surface area contributed by atoms with Gasteiger partial charge in [-0.2, -0.15) is 0 Å². The summed E-state index contributed by atoms with van der Waals surface area (Å²) in [5.74, 6) is 0.915. The van der Waals surface area contributed by atoms with Gasteiger partial charge in [0.15, 0.2) is 0 Å². The number of unbranched alkanes of at least 4 members (excludes halogenated alkanes) is 2. The second kappa shape index (κ2) is 7.19. The molecule has 0 unspecified atom stereocenters. The van der Waals surface area contributed by atoms with Gasteiger partial charge in [-0.05, 0) is 44.4 Å². The lowest BCUT2D eigenvalue weighted by atomic mass is 10.2. The van der Waals surface area contributed by atoms with E-state index in [9.17, 15) is 0 Å². The van der Waals surface area contributed by atoms with Crippen LogP contribution in [0.2, 0.25) is 0 Å². The quantitative estimate of drug-likeness (QED) is 0.490. The van der Waals surface area contributed by atoms with E-state index in [2.05, 4.69) is 25.1 Å². The molecule has 14 heavy (non-hydrogen) atoms. The van der Waals surface area contributed by atoms with Crippen molar-refractivity contribution in [3.63, 3.8) is 0 Å². The minimum Gasteiger partial charge on any atom is -0.494 e. The smallest absolute Gasteiger partial charge is 0.119 e. The highest BCUT2D eigenvalue weighted by molar-refractivity contribution is 5.19. The lowest BCUT2D eigenvalue weighted by Crippen LogP contribution is -1.96. The highest BCUT2D eigenvalue weighted by Crippen LogP contribution is 2.08. The number of hydrogen-bond donors (Lipinski definition) is 0. The Morgan fingerprint density at radius 2 is 2.36 bits per heavy atom. The largest absolute Gasteiger partial charge is 0.494 e. The average Bonchev–Trinajstić information content (AvgIpc) is 2.25. The third kappa shape index (κ3) is 4.70. The van der Waals surface area contributed by atoms with Crippen LogP contribution in [0.5, 0.6) is 5.75 Å². The number of hydrogen-bond acceptors (Lipinski definition) is 1. The van der Waals surface area contributed by atoms with Crippen LogP contribution in [0.4, 0.5) is 0 Å². The third-order valence-corrected chi connectivity index (χ3v) is 1.95. The van der Waals surface area contributed by atoms with Crippen LogP contribution < -0.4 is 4.74 Å². The molecule has 0 aromatic heterocycles. The molecule has 0 fully saturated rings. The van der Waals surface area contributed by atoms with Crippen molar-refractivity contribution >= 4 is 0 Å². The van der Waals surface area contributed by atoms with Crippen LogP contribution in [-0.4, -0.2) is 6.61 Å². The van der Waals surface area contributed by atoms with Crippen molar-refractivity contribution in [3.8, 4) is 5.75 Å². The van der Waals surface area contributed by atoms with Crippen LogP contribution in [0, 0.1) is 6.07 Å². The molecule has 0 heterocycles. The summed E-state index contributed by atoms with van der Waals surface area (Å²) >= 11 is 0. The van der Waals surface area contributed by atoms with Crippen LogP contribution in [0.1, 0.15) is 26.2 Å². The Kier molecular flexibility index (Phi) is 5.57. The highest BCUT2D eigenvalue weighted by Gasteiger charge is 1.90. The predicted molar refractivity (Wildman–Crippen MR) is 59.4 cm³/mol. The molecular formula is C13H17O. The summed E-state index contributed by atoms with van der Waals surface area (Å²) in [6.07, 6.45) is 7.74. The maximum atomic E-state index is 5.53. The van der Waals surface area contributed by atoms with Crippen LogP contribution in [0.25, 0.3) is 0 Å². The molecule has 0 N–H and O–H groups in total. The van der Waals surface area contributed by atoms with Crippen molar-refractivity contribution in [2.75, 3.05) is 6.61 Å². The van der Waals surface area contributed by atoms with Gasteiger partial charge in [-0.3, -0.25) is 0 Å². The minimum absolute atomic E-state index is 0.801. The predicted octanol–water partition coefficient (Wildman–Crippen LogP) is 3.61. The summed E-state index contributed by atoms with van der Waals surface area (Å²) in [4.78, 5) is 0. The zero-order chi connectivity index (χ0) is 10.1. The van der Waals surface area contributed by atoms with E-state index >= 15 is 0 Å². The first-order valence-electron chi connectivity index (χ1n) is 5.13. The Bertz CT molecular complexity index is 251. The van der Waals surface area contributed by atoms with E-state index in [0.29, 0.717) is 0 Å². The molecule has 0 aliphatic rings. The molecule has 1 nitrogen and oxygen atoms in total.